The molecule has 1 amide bonds. The van der Waals surface area contributed by atoms with E-state index in [-0.39, 0.29) is 24.3 Å². The number of carbonyl (C=O) groups excluding carboxylic acids is 1. The molecule has 198 valence electrons. The van der Waals surface area contributed by atoms with Crippen molar-refractivity contribution in [2.24, 2.45) is 0 Å². The van der Waals surface area contributed by atoms with Crippen LogP contribution in [0, 0.1) is 19.7 Å². The zero-order chi connectivity index (χ0) is 26.9. The maximum Gasteiger partial charge on any atom is 0.251 e. The lowest BCUT2D eigenvalue weighted by Crippen LogP contribution is -2.51. The third-order valence-corrected chi connectivity index (χ3v) is 7.47. The Morgan fingerprint density at radius 2 is 1.51 bits per heavy atom. The highest BCUT2D eigenvalue weighted by Crippen LogP contribution is 2.36. The number of aryl methyl sites for hydroxylation is 2. The molecule has 2 aliphatic heterocycles. The van der Waals surface area contributed by atoms with E-state index in [1.54, 1.807) is 16.8 Å². The summed E-state index contributed by atoms with van der Waals surface area (Å²) in [5, 5.41) is 12.7. The second-order valence-electron chi connectivity index (χ2n) is 10.1. The van der Waals surface area contributed by atoms with Crippen LogP contribution < -0.4 is 9.80 Å². The Kier molecular flexibility index (Phi) is 6.56. The van der Waals surface area contributed by atoms with Gasteiger partial charge >= 0.3 is 0 Å². The molecule has 1 atom stereocenters. The molecule has 1 aromatic heterocycles. The summed E-state index contributed by atoms with van der Waals surface area (Å²) in [7, 11) is 0. The SMILES string of the molecule is Cc1ccc(C2=CC(c3ccc(C)cc3)n3nnnc3N2CC(=O)N2CCN(c3ccc(F)cc3)CC2)cc1. The quantitative estimate of drug-likeness (QED) is 0.390. The fourth-order valence-corrected chi connectivity index (χ4v) is 5.20. The standard InChI is InChI=1S/C30H30FN7O/c1-21-3-7-23(8-4-21)27-19-28(24-9-5-22(2)6-10-24)38-30(32-33-34-38)37(27)20-29(39)36-17-15-35(16-18-36)26-13-11-25(31)12-14-26/h3-14,19,28H,15-18,20H2,1-2H3. The number of anilines is 2. The largest absolute Gasteiger partial charge is 0.368 e. The van der Waals surface area contributed by atoms with Gasteiger partial charge in [-0.15, -0.1) is 0 Å². The van der Waals surface area contributed by atoms with Crippen LogP contribution in [0.25, 0.3) is 5.70 Å². The minimum Gasteiger partial charge on any atom is -0.368 e. The lowest BCUT2D eigenvalue weighted by Gasteiger charge is -2.38. The molecule has 0 bridgehead atoms. The number of tetrazole rings is 1. The Balaban J connectivity index is 1.27. The van der Waals surface area contributed by atoms with Crippen molar-refractivity contribution in [3.05, 3.63) is 107 Å². The predicted molar refractivity (Wildman–Crippen MR) is 149 cm³/mol. The monoisotopic (exact) mass is 523 g/mol. The van der Waals surface area contributed by atoms with E-state index in [4.69, 9.17) is 0 Å². The van der Waals surface area contributed by atoms with Gasteiger partial charge in [-0.2, -0.15) is 4.68 Å². The average Bonchev–Trinajstić information content (AvgIpc) is 3.45. The summed E-state index contributed by atoms with van der Waals surface area (Å²) in [5.41, 5.74) is 6.28. The van der Waals surface area contributed by atoms with Gasteiger partial charge in [0.2, 0.25) is 5.91 Å². The van der Waals surface area contributed by atoms with Crippen molar-refractivity contribution in [1.82, 2.24) is 25.1 Å². The Morgan fingerprint density at radius 3 is 2.18 bits per heavy atom. The molecular weight excluding hydrogens is 493 g/mol. The van der Waals surface area contributed by atoms with Crippen LogP contribution in [0.2, 0.25) is 0 Å². The van der Waals surface area contributed by atoms with Gasteiger partial charge in [-0.3, -0.25) is 9.69 Å². The van der Waals surface area contributed by atoms with Gasteiger partial charge in [-0.05, 0) is 65.7 Å². The second-order valence-corrected chi connectivity index (χ2v) is 10.1. The molecule has 39 heavy (non-hydrogen) atoms. The van der Waals surface area contributed by atoms with Crippen molar-refractivity contribution in [3.8, 4) is 0 Å². The summed E-state index contributed by atoms with van der Waals surface area (Å²) in [6, 6.07) is 23.0. The number of halogens is 1. The van der Waals surface area contributed by atoms with Crippen LogP contribution in [0.1, 0.15) is 28.3 Å². The average molecular weight is 524 g/mol. The number of hydrogen-bond donors (Lipinski definition) is 0. The van der Waals surface area contributed by atoms with Gasteiger partial charge in [0.05, 0.1) is 5.70 Å². The molecule has 2 aliphatic rings. The topological polar surface area (TPSA) is 70.4 Å². The summed E-state index contributed by atoms with van der Waals surface area (Å²) in [4.78, 5) is 19.6. The van der Waals surface area contributed by atoms with Crippen LogP contribution in [0.15, 0.2) is 78.9 Å². The minimum atomic E-state index is -0.251. The van der Waals surface area contributed by atoms with Crippen LogP contribution in [0.5, 0.6) is 0 Å². The van der Waals surface area contributed by atoms with Crippen LogP contribution in [0.4, 0.5) is 16.0 Å². The third kappa shape index (κ3) is 4.99. The zero-order valence-corrected chi connectivity index (χ0v) is 22.0. The zero-order valence-electron chi connectivity index (χ0n) is 22.0. The number of carbonyl (C=O) groups is 1. The van der Waals surface area contributed by atoms with Crippen LogP contribution in [-0.2, 0) is 4.79 Å². The van der Waals surface area contributed by atoms with Gasteiger partial charge in [0, 0.05) is 31.9 Å². The molecule has 0 spiro atoms. The maximum absolute atomic E-state index is 13.6. The minimum absolute atomic E-state index is 0.00936. The molecule has 1 fully saturated rings. The fraction of sp³-hybridized carbons (Fsp3) is 0.267. The maximum atomic E-state index is 13.6. The van der Waals surface area contributed by atoms with E-state index >= 15 is 0 Å². The molecule has 9 heteroatoms. The first-order valence-corrected chi connectivity index (χ1v) is 13.2. The first-order valence-electron chi connectivity index (χ1n) is 13.2. The van der Waals surface area contributed by atoms with Crippen molar-refractivity contribution in [2.75, 3.05) is 42.5 Å². The Hall–Kier alpha value is -4.53. The first kappa shape index (κ1) is 24.8. The summed E-state index contributed by atoms with van der Waals surface area (Å²) < 4.78 is 15.1. The van der Waals surface area contributed by atoms with E-state index in [1.165, 1.54) is 17.7 Å². The van der Waals surface area contributed by atoms with Gasteiger partial charge in [0.25, 0.3) is 5.95 Å². The molecular formula is C30H30FN7O. The molecule has 3 aromatic carbocycles. The van der Waals surface area contributed by atoms with Crippen molar-refractivity contribution >= 4 is 23.2 Å². The molecule has 0 N–H and O–H groups in total. The van der Waals surface area contributed by atoms with Gasteiger partial charge in [-0.25, -0.2) is 4.39 Å². The number of aromatic nitrogens is 4. The van der Waals surface area contributed by atoms with E-state index in [1.807, 2.05) is 9.80 Å². The lowest BCUT2D eigenvalue weighted by atomic mass is 9.99. The van der Waals surface area contributed by atoms with E-state index in [0.29, 0.717) is 32.1 Å². The van der Waals surface area contributed by atoms with Crippen LogP contribution in [0.3, 0.4) is 0 Å². The predicted octanol–water partition coefficient (Wildman–Crippen LogP) is 4.23. The second kappa shape index (κ2) is 10.3. The van der Waals surface area contributed by atoms with Crippen LogP contribution >= 0.6 is 0 Å². The molecule has 4 aromatic rings. The number of nitrogens with zero attached hydrogens (tertiary/aromatic N) is 7. The summed E-state index contributed by atoms with van der Waals surface area (Å²) in [6.07, 6.45) is 2.14. The number of allylic oxidation sites excluding steroid dienone is 1. The number of piperazine rings is 1. The molecule has 8 nitrogen and oxygen atoms in total. The molecule has 0 radical (unpaired) electrons. The van der Waals surface area contributed by atoms with Crippen molar-refractivity contribution < 1.29 is 9.18 Å². The van der Waals surface area contributed by atoms with E-state index in [0.717, 1.165) is 28.1 Å². The van der Waals surface area contributed by atoms with E-state index in [2.05, 4.69) is 88.9 Å². The van der Waals surface area contributed by atoms with Gasteiger partial charge < -0.3 is 9.80 Å². The highest BCUT2D eigenvalue weighted by Gasteiger charge is 2.33. The number of fused-ring (bicyclic) bond motifs is 1. The number of amides is 1. The van der Waals surface area contributed by atoms with Crippen molar-refractivity contribution in [1.29, 1.82) is 0 Å². The molecule has 6 rings (SSSR count). The number of benzene rings is 3. The van der Waals surface area contributed by atoms with E-state index < -0.39 is 0 Å². The Morgan fingerprint density at radius 1 is 0.872 bits per heavy atom. The smallest absolute Gasteiger partial charge is 0.251 e. The van der Waals surface area contributed by atoms with Gasteiger partial charge in [0.15, 0.2) is 0 Å². The van der Waals surface area contributed by atoms with Crippen molar-refractivity contribution in [2.45, 2.75) is 19.9 Å². The Labute approximate surface area is 227 Å². The molecule has 1 unspecified atom stereocenters. The van der Waals surface area contributed by atoms with Crippen LogP contribution in [-0.4, -0.2) is 63.7 Å². The molecule has 1 saturated heterocycles. The molecule has 0 aliphatic carbocycles. The summed E-state index contributed by atoms with van der Waals surface area (Å²) in [5.74, 6) is 0.297. The molecule has 3 heterocycles. The first-order chi connectivity index (χ1) is 19.0. The number of hydrogen-bond acceptors (Lipinski definition) is 6. The highest BCUT2D eigenvalue weighted by atomic mass is 19.1. The van der Waals surface area contributed by atoms with Crippen molar-refractivity contribution in [3.63, 3.8) is 0 Å². The van der Waals surface area contributed by atoms with Gasteiger partial charge in [-0.1, -0.05) is 64.8 Å². The Bertz CT molecular complexity index is 1490. The highest BCUT2D eigenvalue weighted by molar-refractivity contribution is 5.89. The summed E-state index contributed by atoms with van der Waals surface area (Å²) in [6.45, 7) is 6.79. The molecule has 0 saturated carbocycles. The fourth-order valence-electron chi connectivity index (χ4n) is 5.20. The number of rotatable bonds is 5. The lowest BCUT2D eigenvalue weighted by molar-refractivity contribution is -0.129. The third-order valence-electron chi connectivity index (χ3n) is 7.47. The van der Waals surface area contributed by atoms with E-state index in [9.17, 15) is 9.18 Å². The summed E-state index contributed by atoms with van der Waals surface area (Å²) >= 11 is 0. The normalized spacial score (nSPS) is 17.2. The van der Waals surface area contributed by atoms with Gasteiger partial charge in [0.1, 0.15) is 18.4 Å².